The van der Waals surface area contributed by atoms with E-state index in [1.165, 1.54) is 0 Å². The van der Waals surface area contributed by atoms with Crippen LogP contribution in [0.4, 0.5) is 0 Å². The smallest absolute Gasteiger partial charge is 0.125 e. The quantitative estimate of drug-likeness (QED) is 0.911. The number of benzene rings is 2. The van der Waals surface area contributed by atoms with Gasteiger partial charge in [-0.2, -0.15) is 0 Å². The number of rotatable bonds is 5. The van der Waals surface area contributed by atoms with Gasteiger partial charge in [0.05, 0.1) is 13.7 Å². The topological polar surface area (TPSA) is 38.7 Å². The summed E-state index contributed by atoms with van der Waals surface area (Å²) in [7, 11) is 1.63. The van der Waals surface area contributed by atoms with Crippen LogP contribution in [0.3, 0.4) is 0 Å². The van der Waals surface area contributed by atoms with Gasteiger partial charge in [-0.3, -0.25) is 0 Å². The first kappa shape index (κ1) is 13.7. The summed E-state index contributed by atoms with van der Waals surface area (Å²) < 4.78 is 11.0. The van der Waals surface area contributed by atoms with E-state index in [0.29, 0.717) is 22.9 Å². The molecule has 3 nitrogen and oxygen atoms in total. The molecule has 2 aromatic rings. The summed E-state index contributed by atoms with van der Waals surface area (Å²) in [6, 6.07) is 12.8. The summed E-state index contributed by atoms with van der Waals surface area (Å²) in [6.45, 7) is 0.264. The van der Waals surface area contributed by atoms with E-state index in [1.54, 1.807) is 25.3 Å². The van der Waals surface area contributed by atoms with Crippen LogP contribution in [0.5, 0.6) is 11.5 Å². The molecular weight excluding hydrogens is 264 g/mol. The molecule has 4 heteroatoms. The molecule has 0 aliphatic rings. The number of aliphatic hydroxyl groups excluding tert-OH is 1. The number of hydrogen-bond acceptors (Lipinski definition) is 3. The molecule has 0 fully saturated rings. The molecule has 0 aromatic heterocycles. The third-order valence-electron chi connectivity index (χ3n) is 2.77. The van der Waals surface area contributed by atoms with E-state index < -0.39 is 0 Å². The SMILES string of the molecule is COc1ccccc1COc1ccc(Cl)cc1CO. The number of methoxy groups -OCH3 is 1. The Balaban J connectivity index is 2.14. The number of halogens is 1. The van der Waals surface area contributed by atoms with Crippen LogP contribution >= 0.6 is 11.6 Å². The van der Waals surface area contributed by atoms with Gasteiger partial charge in [-0.05, 0) is 24.3 Å². The van der Waals surface area contributed by atoms with E-state index in [0.717, 1.165) is 11.3 Å². The normalized spacial score (nSPS) is 10.3. The lowest BCUT2D eigenvalue weighted by molar-refractivity contribution is 0.257. The van der Waals surface area contributed by atoms with Gasteiger partial charge in [-0.25, -0.2) is 0 Å². The van der Waals surface area contributed by atoms with Gasteiger partial charge < -0.3 is 14.6 Å². The van der Waals surface area contributed by atoms with Crippen LogP contribution in [0.25, 0.3) is 0 Å². The molecule has 0 unspecified atom stereocenters. The minimum atomic E-state index is -0.109. The zero-order valence-electron chi connectivity index (χ0n) is 10.6. The van der Waals surface area contributed by atoms with Gasteiger partial charge in [0.1, 0.15) is 18.1 Å². The van der Waals surface area contributed by atoms with Gasteiger partial charge in [0.25, 0.3) is 0 Å². The number of ether oxygens (including phenoxy) is 2. The molecule has 0 saturated heterocycles. The third kappa shape index (κ3) is 3.40. The maximum absolute atomic E-state index is 9.28. The van der Waals surface area contributed by atoms with Crippen LogP contribution in [-0.4, -0.2) is 12.2 Å². The van der Waals surface area contributed by atoms with E-state index in [9.17, 15) is 5.11 Å². The molecule has 0 amide bonds. The Morgan fingerprint density at radius 3 is 2.58 bits per heavy atom. The van der Waals surface area contributed by atoms with Crippen molar-refractivity contribution in [2.75, 3.05) is 7.11 Å². The summed E-state index contributed by atoms with van der Waals surface area (Å²) in [5, 5.41) is 9.85. The Morgan fingerprint density at radius 1 is 1.05 bits per heavy atom. The summed E-state index contributed by atoms with van der Waals surface area (Å²) >= 11 is 5.87. The first-order chi connectivity index (χ1) is 9.24. The molecule has 19 heavy (non-hydrogen) atoms. The zero-order chi connectivity index (χ0) is 13.7. The van der Waals surface area contributed by atoms with Crippen molar-refractivity contribution in [1.29, 1.82) is 0 Å². The Labute approximate surface area is 117 Å². The van der Waals surface area contributed by atoms with Crippen molar-refractivity contribution in [3.05, 3.63) is 58.6 Å². The molecule has 100 valence electrons. The second-order valence-electron chi connectivity index (χ2n) is 4.01. The van der Waals surface area contributed by atoms with Gasteiger partial charge in [-0.1, -0.05) is 29.8 Å². The zero-order valence-corrected chi connectivity index (χ0v) is 11.4. The van der Waals surface area contributed by atoms with Gasteiger partial charge in [0, 0.05) is 16.1 Å². The Hall–Kier alpha value is -1.71. The first-order valence-electron chi connectivity index (χ1n) is 5.88. The van der Waals surface area contributed by atoms with Gasteiger partial charge in [0.2, 0.25) is 0 Å². The average molecular weight is 279 g/mol. The van der Waals surface area contributed by atoms with Crippen LogP contribution < -0.4 is 9.47 Å². The molecule has 0 aliphatic carbocycles. The van der Waals surface area contributed by atoms with Crippen LogP contribution in [-0.2, 0) is 13.2 Å². The molecule has 0 radical (unpaired) electrons. The molecule has 0 aliphatic heterocycles. The Morgan fingerprint density at radius 2 is 1.84 bits per heavy atom. The minimum Gasteiger partial charge on any atom is -0.496 e. The number of aliphatic hydroxyl groups is 1. The van der Waals surface area contributed by atoms with Crippen molar-refractivity contribution in [2.24, 2.45) is 0 Å². The summed E-state index contributed by atoms with van der Waals surface area (Å²) in [5.41, 5.74) is 1.62. The van der Waals surface area contributed by atoms with Crippen molar-refractivity contribution in [2.45, 2.75) is 13.2 Å². The van der Waals surface area contributed by atoms with Crippen LogP contribution in [0, 0.1) is 0 Å². The largest absolute Gasteiger partial charge is 0.496 e. The Kier molecular flexibility index (Phi) is 4.66. The monoisotopic (exact) mass is 278 g/mol. The molecule has 0 heterocycles. The second-order valence-corrected chi connectivity index (χ2v) is 4.45. The fourth-order valence-electron chi connectivity index (χ4n) is 1.79. The maximum Gasteiger partial charge on any atom is 0.125 e. The van der Waals surface area contributed by atoms with E-state index >= 15 is 0 Å². The van der Waals surface area contributed by atoms with Gasteiger partial charge in [0.15, 0.2) is 0 Å². The summed E-state index contributed by atoms with van der Waals surface area (Å²) in [4.78, 5) is 0. The molecule has 1 N–H and O–H groups in total. The van der Waals surface area contributed by atoms with E-state index in [4.69, 9.17) is 21.1 Å². The highest BCUT2D eigenvalue weighted by Gasteiger charge is 2.06. The highest BCUT2D eigenvalue weighted by molar-refractivity contribution is 6.30. The van der Waals surface area contributed by atoms with Crippen molar-refractivity contribution < 1.29 is 14.6 Å². The van der Waals surface area contributed by atoms with Crippen molar-refractivity contribution in [3.63, 3.8) is 0 Å². The maximum atomic E-state index is 9.28. The van der Waals surface area contributed by atoms with E-state index in [1.807, 2.05) is 24.3 Å². The lowest BCUT2D eigenvalue weighted by Crippen LogP contribution is -2.00. The standard InChI is InChI=1S/C15H15ClO3/c1-18-14-5-3-2-4-11(14)10-19-15-7-6-13(16)8-12(15)9-17/h2-8,17H,9-10H2,1H3. The molecule has 2 aromatic carbocycles. The summed E-state index contributed by atoms with van der Waals surface area (Å²) in [6.07, 6.45) is 0. The molecular formula is C15H15ClO3. The lowest BCUT2D eigenvalue weighted by Gasteiger charge is -2.12. The molecule has 2 rings (SSSR count). The lowest BCUT2D eigenvalue weighted by atomic mass is 10.2. The van der Waals surface area contributed by atoms with Crippen LogP contribution in [0.2, 0.25) is 5.02 Å². The first-order valence-corrected chi connectivity index (χ1v) is 6.26. The highest BCUT2D eigenvalue weighted by Crippen LogP contribution is 2.25. The predicted octanol–water partition coefficient (Wildman–Crippen LogP) is 3.42. The van der Waals surface area contributed by atoms with Crippen molar-refractivity contribution in [1.82, 2.24) is 0 Å². The molecule has 0 spiro atoms. The number of hydrogen-bond donors (Lipinski definition) is 1. The Bertz CT molecular complexity index is 555. The van der Waals surface area contributed by atoms with Crippen molar-refractivity contribution in [3.8, 4) is 11.5 Å². The van der Waals surface area contributed by atoms with E-state index in [-0.39, 0.29) is 6.61 Å². The molecule has 0 bridgehead atoms. The fourth-order valence-corrected chi connectivity index (χ4v) is 1.98. The molecule has 0 atom stereocenters. The van der Waals surface area contributed by atoms with E-state index in [2.05, 4.69) is 0 Å². The average Bonchev–Trinajstić information content (AvgIpc) is 2.46. The van der Waals surface area contributed by atoms with Gasteiger partial charge >= 0.3 is 0 Å². The summed E-state index contributed by atoms with van der Waals surface area (Å²) in [5.74, 6) is 1.40. The third-order valence-corrected chi connectivity index (χ3v) is 3.00. The number of para-hydroxylation sites is 1. The van der Waals surface area contributed by atoms with Crippen molar-refractivity contribution >= 4 is 11.6 Å². The van der Waals surface area contributed by atoms with Crippen LogP contribution in [0.1, 0.15) is 11.1 Å². The predicted molar refractivity (Wildman–Crippen MR) is 74.7 cm³/mol. The minimum absolute atomic E-state index is 0.109. The van der Waals surface area contributed by atoms with Crippen LogP contribution in [0.15, 0.2) is 42.5 Å². The highest BCUT2D eigenvalue weighted by atomic mass is 35.5. The second kappa shape index (κ2) is 6.45. The molecule has 0 saturated carbocycles. The fraction of sp³-hybridized carbons (Fsp3) is 0.200. The van der Waals surface area contributed by atoms with Gasteiger partial charge in [-0.15, -0.1) is 0 Å².